The Morgan fingerprint density at radius 3 is 2.59 bits per heavy atom. The second kappa shape index (κ2) is 8.85. The second-order valence-electron chi connectivity index (χ2n) is 9.81. The third-order valence-corrected chi connectivity index (χ3v) is 6.00. The largest absolute Gasteiger partial charge is 0.444 e. The van der Waals surface area contributed by atoms with Gasteiger partial charge in [0.05, 0.1) is 23.6 Å². The van der Waals surface area contributed by atoms with Gasteiger partial charge in [0, 0.05) is 20.1 Å². The van der Waals surface area contributed by atoms with Crippen LogP contribution in [0.4, 0.5) is 10.7 Å². The number of imidazole rings is 1. The van der Waals surface area contributed by atoms with E-state index in [2.05, 4.69) is 58.9 Å². The van der Waals surface area contributed by atoms with Gasteiger partial charge in [0.1, 0.15) is 5.60 Å². The molecule has 1 aliphatic rings. The molecule has 1 fully saturated rings. The number of ether oxygens (including phenoxy) is 1. The number of rotatable bonds is 4. The number of fused-ring (bicyclic) bond motifs is 1. The summed E-state index contributed by atoms with van der Waals surface area (Å²) in [5.41, 5.74) is 4.14. The summed E-state index contributed by atoms with van der Waals surface area (Å²) in [5.74, 6) is 0.967. The summed E-state index contributed by atoms with van der Waals surface area (Å²) in [7, 11) is 1.84. The molecule has 0 radical (unpaired) electrons. The number of nitrogens with zero attached hydrogens (tertiary/aromatic N) is 4. The summed E-state index contributed by atoms with van der Waals surface area (Å²) >= 11 is 0. The third-order valence-electron chi connectivity index (χ3n) is 6.00. The average Bonchev–Trinajstić information content (AvgIpc) is 3.12. The Morgan fingerprint density at radius 1 is 1.16 bits per heavy atom. The molecule has 0 saturated carbocycles. The van der Waals surface area contributed by atoms with Crippen LogP contribution in [0.5, 0.6) is 0 Å². The first-order valence-electron chi connectivity index (χ1n) is 11.4. The molecule has 1 saturated heterocycles. The topological polar surface area (TPSA) is 50.6 Å². The number of carbonyl (C=O) groups is 1. The molecule has 0 spiro atoms. The first kappa shape index (κ1) is 22.2. The van der Waals surface area contributed by atoms with E-state index in [0.29, 0.717) is 0 Å². The first-order valence-corrected chi connectivity index (χ1v) is 11.4. The first-order chi connectivity index (χ1) is 15.2. The van der Waals surface area contributed by atoms with Crippen molar-refractivity contribution in [3.05, 3.63) is 59.7 Å². The predicted octanol–water partition coefficient (Wildman–Crippen LogP) is 5.23. The number of likely N-dealkylation sites (N-methyl/N-ethyl adjacent to an activating group) is 1. The number of piperidine rings is 1. The van der Waals surface area contributed by atoms with Crippen molar-refractivity contribution in [1.82, 2.24) is 14.5 Å². The van der Waals surface area contributed by atoms with Gasteiger partial charge in [-0.3, -0.25) is 0 Å². The fourth-order valence-corrected chi connectivity index (χ4v) is 4.27. The molecular weight excluding hydrogens is 400 g/mol. The molecule has 170 valence electrons. The minimum Gasteiger partial charge on any atom is -0.444 e. The third kappa shape index (κ3) is 4.90. The molecule has 1 unspecified atom stereocenters. The van der Waals surface area contributed by atoms with Crippen molar-refractivity contribution < 1.29 is 9.53 Å². The van der Waals surface area contributed by atoms with Crippen LogP contribution >= 0.6 is 0 Å². The van der Waals surface area contributed by atoms with Crippen molar-refractivity contribution in [3.63, 3.8) is 0 Å². The van der Waals surface area contributed by atoms with Gasteiger partial charge < -0.3 is 19.1 Å². The molecule has 32 heavy (non-hydrogen) atoms. The fraction of sp³-hybridized carbons (Fsp3) is 0.462. The lowest BCUT2D eigenvalue weighted by Gasteiger charge is -2.38. The summed E-state index contributed by atoms with van der Waals surface area (Å²) in [6.07, 6.45) is 1.70. The maximum atomic E-state index is 12.6. The Kier molecular flexibility index (Phi) is 6.13. The van der Waals surface area contributed by atoms with E-state index in [1.54, 1.807) is 4.90 Å². The van der Waals surface area contributed by atoms with Crippen LogP contribution in [0.3, 0.4) is 0 Å². The monoisotopic (exact) mass is 434 g/mol. The number of amides is 1. The lowest BCUT2D eigenvalue weighted by atomic mass is 10.1. The van der Waals surface area contributed by atoms with Gasteiger partial charge in [0.15, 0.2) is 0 Å². The van der Waals surface area contributed by atoms with E-state index in [-0.39, 0.29) is 12.1 Å². The molecule has 1 aliphatic heterocycles. The van der Waals surface area contributed by atoms with Crippen LogP contribution in [-0.2, 0) is 11.3 Å². The minimum atomic E-state index is -0.498. The predicted molar refractivity (Wildman–Crippen MR) is 129 cm³/mol. The zero-order valence-corrected chi connectivity index (χ0v) is 19.8. The van der Waals surface area contributed by atoms with E-state index in [1.807, 2.05) is 33.9 Å². The SMILES string of the molecule is Cc1ccc(Cn2c(N3CCCC(N(C)C(=O)OC(C)(C)C)C3)nc3ccccc32)cc1. The van der Waals surface area contributed by atoms with Gasteiger partial charge in [0.25, 0.3) is 0 Å². The summed E-state index contributed by atoms with van der Waals surface area (Å²) in [5, 5.41) is 0. The van der Waals surface area contributed by atoms with E-state index in [4.69, 9.17) is 9.72 Å². The number of aryl methyl sites for hydroxylation is 1. The van der Waals surface area contributed by atoms with Crippen LogP contribution < -0.4 is 4.90 Å². The Bertz CT molecular complexity index is 1080. The van der Waals surface area contributed by atoms with Crippen LogP contribution in [0, 0.1) is 6.92 Å². The molecule has 4 rings (SSSR count). The molecular formula is C26H34N4O2. The van der Waals surface area contributed by atoms with E-state index in [1.165, 1.54) is 11.1 Å². The number of aromatic nitrogens is 2. The Morgan fingerprint density at radius 2 is 1.88 bits per heavy atom. The van der Waals surface area contributed by atoms with Crippen molar-refractivity contribution in [1.29, 1.82) is 0 Å². The second-order valence-corrected chi connectivity index (χ2v) is 9.81. The van der Waals surface area contributed by atoms with Gasteiger partial charge in [-0.05, 0) is 58.2 Å². The maximum absolute atomic E-state index is 12.6. The standard InChI is InChI=1S/C26H34N4O2/c1-19-12-14-20(15-13-19)17-30-23-11-7-6-10-22(23)27-24(30)29-16-8-9-21(18-29)28(5)25(31)32-26(2,3)4/h6-7,10-15,21H,8-9,16-18H2,1-5H3. The Labute approximate surface area is 190 Å². The molecule has 2 aromatic carbocycles. The Balaban J connectivity index is 1.61. The molecule has 3 aromatic rings. The van der Waals surface area contributed by atoms with E-state index < -0.39 is 5.60 Å². The summed E-state index contributed by atoms with van der Waals surface area (Å²) in [6.45, 7) is 10.2. The lowest BCUT2D eigenvalue weighted by Crippen LogP contribution is -2.50. The highest BCUT2D eigenvalue weighted by molar-refractivity contribution is 5.79. The van der Waals surface area contributed by atoms with Crippen molar-refractivity contribution in [2.75, 3.05) is 25.0 Å². The summed E-state index contributed by atoms with van der Waals surface area (Å²) in [6, 6.07) is 17.1. The van der Waals surface area contributed by atoms with Crippen LogP contribution in [0.1, 0.15) is 44.7 Å². The molecule has 6 nitrogen and oxygen atoms in total. The van der Waals surface area contributed by atoms with Crippen LogP contribution in [-0.4, -0.2) is 52.3 Å². The zero-order valence-electron chi connectivity index (χ0n) is 19.8. The quantitative estimate of drug-likeness (QED) is 0.564. The fourth-order valence-electron chi connectivity index (χ4n) is 4.27. The molecule has 0 bridgehead atoms. The molecule has 6 heteroatoms. The molecule has 0 N–H and O–H groups in total. The van der Waals surface area contributed by atoms with E-state index in [0.717, 1.165) is 49.5 Å². The lowest BCUT2D eigenvalue weighted by molar-refractivity contribution is 0.0209. The average molecular weight is 435 g/mol. The molecule has 0 aliphatic carbocycles. The van der Waals surface area contributed by atoms with Crippen molar-refractivity contribution >= 4 is 23.1 Å². The number of benzene rings is 2. The zero-order chi connectivity index (χ0) is 22.9. The Hall–Kier alpha value is -3.02. The number of hydrogen-bond donors (Lipinski definition) is 0. The molecule has 1 aromatic heterocycles. The van der Waals surface area contributed by atoms with Crippen LogP contribution in [0.25, 0.3) is 11.0 Å². The van der Waals surface area contributed by atoms with Crippen molar-refractivity contribution in [3.8, 4) is 0 Å². The number of carbonyl (C=O) groups excluding carboxylic acids is 1. The smallest absolute Gasteiger partial charge is 0.410 e. The van der Waals surface area contributed by atoms with Crippen molar-refractivity contribution in [2.24, 2.45) is 0 Å². The van der Waals surface area contributed by atoms with Crippen molar-refractivity contribution in [2.45, 2.75) is 58.7 Å². The van der Waals surface area contributed by atoms with Gasteiger partial charge in [-0.1, -0.05) is 42.0 Å². The van der Waals surface area contributed by atoms with E-state index in [9.17, 15) is 4.79 Å². The number of anilines is 1. The molecule has 1 atom stereocenters. The number of hydrogen-bond acceptors (Lipinski definition) is 4. The van der Waals surface area contributed by atoms with Gasteiger partial charge in [-0.15, -0.1) is 0 Å². The highest BCUT2D eigenvalue weighted by Crippen LogP contribution is 2.28. The number of para-hydroxylation sites is 2. The van der Waals surface area contributed by atoms with Gasteiger partial charge >= 0.3 is 6.09 Å². The van der Waals surface area contributed by atoms with Crippen LogP contribution in [0.15, 0.2) is 48.5 Å². The van der Waals surface area contributed by atoms with Crippen LogP contribution in [0.2, 0.25) is 0 Å². The van der Waals surface area contributed by atoms with Gasteiger partial charge in [-0.25, -0.2) is 9.78 Å². The molecule has 1 amide bonds. The van der Waals surface area contributed by atoms with E-state index >= 15 is 0 Å². The van der Waals surface area contributed by atoms with Gasteiger partial charge in [0.2, 0.25) is 5.95 Å². The maximum Gasteiger partial charge on any atom is 0.410 e. The summed E-state index contributed by atoms with van der Waals surface area (Å²) < 4.78 is 7.90. The van der Waals surface area contributed by atoms with Gasteiger partial charge in [-0.2, -0.15) is 0 Å². The normalized spacial score (nSPS) is 16.9. The minimum absolute atomic E-state index is 0.0891. The highest BCUT2D eigenvalue weighted by atomic mass is 16.6. The highest BCUT2D eigenvalue weighted by Gasteiger charge is 2.31. The molecule has 2 heterocycles. The summed E-state index contributed by atoms with van der Waals surface area (Å²) in [4.78, 5) is 21.7.